The molecule has 0 saturated carbocycles. The van der Waals surface area contributed by atoms with E-state index in [9.17, 15) is 19.2 Å². The minimum atomic E-state index is -1.26. The maximum absolute atomic E-state index is 13.1. The second kappa shape index (κ2) is 12.8. The molecule has 0 aliphatic carbocycles. The third-order valence-electron chi connectivity index (χ3n) is 4.88. The number of amides is 3. The van der Waals surface area contributed by atoms with Crippen molar-refractivity contribution in [3.8, 4) is 0 Å². The van der Waals surface area contributed by atoms with Gasteiger partial charge in [-0.25, -0.2) is 4.79 Å². The van der Waals surface area contributed by atoms with Crippen LogP contribution in [0.4, 0.5) is 0 Å². The highest BCUT2D eigenvalue weighted by Crippen LogP contribution is 2.19. The normalized spacial score (nSPS) is 14.7. The number of nitrogens with two attached hydrogens (primary N) is 1. The van der Waals surface area contributed by atoms with Crippen molar-refractivity contribution >= 4 is 72.5 Å². The number of H-pyrrole nitrogens is 1. The molecule has 1 heterocycles. The highest BCUT2D eigenvalue weighted by atomic mass is 32.1. The van der Waals surface area contributed by atoms with Crippen LogP contribution in [0.1, 0.15) is 5.56 Å². The van der Waals surface area contributed by atoms with Gasteiger partial charge in [0, 0.05) is 40.8 Å². The van der Waals surface area contributed by atoms with E-state index < -0.39 is 47.9 Å². The largest absolute Gasteiger partial charge is 0.480 e. The van der Waals surface area contributed by atoms with Crippen LogP contribution in [0, 0.1) is 0 Å². The summed E-state index contributed by atoms with van der Waals surface area (Å²) >= 11 is 12.0. The van der Waals surface area contributed by atoms with Crippen LogP contribution in [0.25, 0.3) is 10.9 Å². The number of carbonyl (C=O) groups excluding carboxylic acids is 3. The molecule has 1 aromatic heterocycles. The summed E-state index contributed by atoms with van der Waals surface area (Å²) in [5.41, 5.74) is 7.38. The van der Waals surface area contributed by atoms with Crippen molar-refractivity contribution in [3.63, 3.8) is 0 Å². The monoisotopic (exact) mass is 513 g/mol. The molecule has 10 nitrogen and oxygen atoms in total. The second-order valence-electron chi connectivity index (χ2n) is 7.24. The number of aromatic amines is 1. The Bertz CT molecular complexity index is 1000. The van der Waals surface area contributed by atoms with E-state index in [1.165, 1.54) is 0 Å². The first-order chi connectivity index (χ1) is 15.7. The molecule has 1 aromatic carbocycles. The summed E-state index contributed by atoms with van der Waals surface area (Å²) in [5, 5.41) is 17.4. The van der Waals surface area contributed by atoms with Gasteiger partial charge in [0.25, 0.3) is 0 Å². The van der Waals surface area contributed by atoms with E-state index in [1.807, 2.05) is 24.3 Å². The number of para-hydroxylation sites is 1. The molecule has 7 N–H and O–H groups in total. The fourth-order valence-electron chi connectivity index (χ4n) is 3.02. The molecule has 13 heteroatoms. The van der Waals surface area contributed by atoms with Crippen LogP contribution >= 0.6 is 37.9 Å². The van der Waals surface area contributed by atoms with E-state index in [2.05, 4.69) is 58.8 Å². The van der Waals surface area contributed by atoms with E-state index in [-0.39, 0.29) is 23.7 Å². The summed E-state index contributed by atoms with van der Waals surface area (Å²) in [6.07, 6.45) is 1.86. The lowest BCUT2D eigenvalue weighted by molar-refractivity contribution is -0.141. The molecule has 0 radical (unpaired) electrons. The number of thiol groups is 3. The van der Waals surface area contributed by atoms with E-state index in [4.69, 9.17) is 10.8 Å². The molecule has 4 unspecified atom stereocenters. The fourth-order valence-corrected chi connectivity index (χ4v) is 3.69. The number of rotatable bonds is 12. The topological polar surface area (TPSA) is 166 Å². The number of aliphatic carboxylic acids is 1. The lowest BCUT2D eigenvalue weighted by atomic mass is 10.0. The van der Waals surface area contributed by atoms with Crippen molar-refractivity contribution in [3.05, 3.63) is 36.0 Å². The van der Waals surface area contributed by atoms with Crippen LogP contribution in [0.3, 0.4) is 0 Å². The molecular formula is C20H27N5O5S3. The molecule has 2 rings (SSSR count). The number of carboxylic acids is 1. The molecule has 0 fully saturated rings. The highest BCUT2D eigenvalue weighted by Gasteiger charge is 2.30. The van der Waals surface area contributed by atoms with E-state index in [0.717, 1.165) is 16.5 Å². The number of hydrogen-bond acceptors (Lipinski definition) is 8. The molecule has 4 atom stereocenters. The van der Waals surface area contributed by atoms with Gasteiger partial charge < -0.3 is 31.8 Å². The summed E-state index contributed by atoms with van der Waals surface area (Å²) in [5.74, 6) is -3.35. The van der Waals surface area contributed by atoms with Gasteiger partial charge >= 0.3 is 5.97 Å². The van der Waals surface area contributed by atoms with Crippen molar-refractivity contribution in [2.24, 2.45) is 5.73 Å². The Morgan fingerprint density at radius 2 is 1.45 bits per heavy atom. The predicted octanol–water partition coefficient (Wildman–Crippen LogP) is -0.634. The number of nitrogens with one attached hydrogen (secondary N) is 4. The number of hydrogen-bond donors (Lipinski definition) is 9. The van der Waals surface area contributed by atoms with Gasteiger partial charge in [0.15, 0.2) is 0 Å². The van der Waals surface area contributed by atoms with E-state index in [1.54, 1.807) is 6.20 Å². The number of benzene rings is 1. The van der Waals surface area contributed by atoms with Crippen LogP contribution in [0.2, 0.25) is 0 Å². The summed E-state index contributed by atoms with van der Waals surface area (Å²) in [4.78, 5) is 52.2. The maximum Gasteiger partial charge on any atom is 0.327 e. The first-order valence-corrected chi connectivity index (χ1v) is 11.9. The van der Waals surface area contributed by atoms with Gasteiger partial charge in [-0.05, 0) is 11.6 Å². The maximum atomic E-state index is 13.1. The number of carboxylic acid groups (broad SMARTS) is 1. The fraction of sp³-hybridized carbons (Fsp3) is 0.400. The van der Waals surface area contributed by atoms with Crippen LogP contribution in [-0.2, 0) is 25.6 Å². The van der Waals surface area contributed by atoms with Gasteiger partial charge in [-0.15, -0.1) is 0 Å². The van der Waals surface area contributed by atoms with Crippen LogP contribution in [0.5, 0.6) is 0 Å². The zero-order valence-corrected chi connectivity index (χ0v) is 20.2. The Kier molecular flexibility index (Phi) is 10.4. The van der Waals surface area contributed by atoms with E-state index in [0.29, 0.717) is 0 Å². The Morgan fingerprint density at radius 3 is 2.06 bits per heavy atom. The third kappa shape index (κ3) is 7.32. The van der Waals surface area contributed by atoms with Gasteiger partial charge in [0.1, 0.15) is 18.1 Å². The summed E-state index contributed by atoms with van der Waals surface area (Å²) < 4.78 is 0. The molecule has 0 spiro atoms. The quantitative estimate of drug-likeness (QED) is 0.171. The first-order valence-electron chi connectivity index (χ1n) is 9.98. The Morgan fingerprint density at radius 1 is 0.879 bits per heavy atom. The van der Waals surface area contributed by atoms with Crippen LogP contribution in [-0.4, -0.2) is 75.2 Å². The minimum absolute atomic E-state index is 0.0786. The minimum Gasteiger partial charge on any atom is -0.480 e. The second-order valence-corrected chi connectivity index (χ2v) is 8.34. The Balaban J connectivity index is 2.21. The first kappa shape index (κ1) is 26.9. The van der Waals surface area contributed by atoms with Gasteiger partial charge in [0.2, 0.25) is 17.7 Å². The smallest absolute Gasteiger partial charge is 0.327 e. The molecular weight excluding hydrogens is 486 g/mol. The Hall–Kier alpha value is -2.35. The molecule has 33 heavy (non-hydrogen) atoms. The van der Waals surface area contributed by atoms with Gasteiger partial charge in [-0.1, -0.05) is 18.2 Å². The predicted molar refractivity (Wildman–Crippen MR) is 135 cm³/mol. The molecule has 3 amide bonds. The average Bonchev–Trinajstić information content (AvgIpc) is 3.22. The lowest BCUT2D eigenvalue weighted by Crippen LogP contribution is -2.58. The summed E-state index contributed by atoms with van der Waals surface area (Å²) in [6.45, 7) is 0. The highest BCUT2D eigenvalue weighted by molar-refractivity contribution is 7.80. The van der Waals surface area contributed by atoms with Crippen molar-refractivity contribution < 1.29 is 24.3 Å². The van der Waals surface area contributed by atoms with Crippen LogP contribution in [0.15, 0.2) is 30.5 Å². The zero-order chi connectivity index (χ0) is 24.5. The zero-order valence-electron chi connectivity index (χ0n) is 17.5. The molecule has 0 saturated heterocycles. The van der Waals surface area contributed by atoms with Crippen molar-refractivity contribution in [1.82, 2.24) is 20.9 Å². The third-order valence-corrected chi connectivity index (χ3v) is 6.00. The number of fused-ring (bicyclic) bond motifs is 1. The van der Waals surface area contributed by atoms with Gasteiger partial charge in [-0.2, -0.15) is 37.9 Å². The molecule has 0 bridgehead atoms. The molecule has 0 aliphatic rings. The Labute approximate surface area is 207 Å². The average molecular weight is 514 g/mol. The summed E-state index contributed by atoms with van der Waals surface area (Å²) in [6, 6.07) is 3.13. The van der Waals surface area contributed by atoms with Gasteiger partial charge in [-0.3, -0.25) is 14.4 Å². The number of aromatic nitrogens is 1. The number of carbonyl (C=O) groups is 4. The standard InChI is InChI=1S/C20H27N5O5S3/c21-12(7-31)17(26)23-14(5-10-6-22-13-4-2-1-3-11(10)13)18(27)24-15(8-32)19(28)25-16(9-33)20(29)30/h1-4,6,12,14-16,22,31-33H,5,7-9,21H2,(H,23,26)(H,24,27)(H,25,28)(H,29,30). The lowest BCUT2D eigenvalue weighted by Gasteiger charge is -2.24. The van der Waals surface area contributed by atoms with E-state index >= 15 is 0 Å². The molecule has 0 aliphatic heterocycles. The van der Waals surface area contributed by atoms with Crippen molar-refractivity contribution in [1.29, 1.82) is 0 Å². The van der Waals surface area contributed by atoms with Crippen molar-refractivity contribution in [2.45, 2.75) is 30.6 Å². The van der Waals surface area contributed by atoms with Crippen LogP contribution < -0.4 is 21.7 Å². The molecule has 180 valence electrons. The summed E-state index contributed by atoms with van der Waals surface area (Å²) in [7, 11) is 0. The molecule has 2 aromatic rings. The SMILES string of the molecule is NC(CS)C(=O)NC(Cc1c[nH]c2ccccc12)C(=O)NC(CS)C(=O)NC(CS)C(=O)O. The van der Waals surface area contributed by atoms with Gasteiger partial charge in [0.05, 0.1) is 6.04 Å². The van der Waals surface area contributed by atoms with Crippen molar-refractivity contribution in [2.75, 3.05) is 17.3 Å².